The molecule has 1 heterocycles. The fourth-order valence-corrected chi connectivity index (χ4v) is 2.20. The number of hydrogen-bond donors (Lipinski definition) is 1. The standard InChI is InChI=1S/C14H19NO4/c1-18-12-4-2-11(3-5-12)6-7-15-8-9-19-10-13(15)14(16)17/h2-5,13H,6-10H2,1H3,(H,16,17). The van der Waals surface area contributed by atoms with Crippen LogP contribution in [0.5, 0.6) is 5.75 Å². The molecule has 1 saturated heterocycles. The maximum atomic E-state index is 11.1. The van der Waals surface area contributed by atoms with Crippen molar-refractivity contribution in [1.82, 2.24) is 4.90 Å². The second-order valence-corrected chi connectivity index (χ2v) is 4.56. The molecular formula is C14H19NO4. The fourth-order valence-electron chi connectivity index (χ4n) is 2.20. The molecule has 2 rings (SSSR count). The van der Waals surface area contributed by atoms with Gasteiger partial charge in [0.1, 0.15) is 11.8 Å². The molecule has 1 unspecified atom stereocenters. The lowest BCUT2D eigenvalue weighted by molar-refractivity contribution is -0.149. The van der Waals surface area contributed by atoms with E-state index in [1.165, 1.54) is 5.56 Å². The first-order valence-corrected chi connectivity index (χ1v) is 6.38. The molecular weight excluding hydrogens is 246 g/mol. The number of benzene rings is 1. The number of aliphatic carboxylic acids is 1. The third-order valence-electron chi connectivity index (χ3n) is 3.37. The quantitative estimate of drug-likeness (QED) is 0.861. The molecule has 0 aliphatic carbocycles. The van der Waals surface area contributed by atoms with Crippen LogP contribution < -0.4 is 4.74 Å². The van der Waals surface area contributed by atoms with Crippen LogP contribution in [-0.2, 0) is 16.0 Å². The van der Waals surface area contributed by atoms with E-state index in [0.29, 0.717) is 13.2 Å². The van der Waals surface area contributed by atoms with Gasteiger partial charge in [-0.25, -0.2) is 0 Å². The Morgan fingerprint density at radius 3 is 2.84 bits per heavy atom. The SMILES string of the molecule is COc1ccc(CCN2CCOCC2C(=O)O)cc1. The van der Waals surface area contributed by atoms with E-state index in [1.807, 2.05) is 29.2 Å². The second-order valence-electron chi connectivity index (χ2n) is 4.56. The Morgan fingerprint density at radius 1 is 1.47 bits per heavy atom. The molecule has 0 amide bonds. The number of methoxy groups -OCH3 is 1. The van der Waals surface area contributed by atoms with Gasteiger partial charge in [-0.05, 0) is 24.1 Å². The average Bonchev–Trinajstić information content (AvgIpc) is 2.46. The van der Waals surface area contributed by atoms with Gasteiger partial charge >= 0.3 is 5.97 Å². The Bertz CT molecular complexity index is 418. The van der Waals surface area contributed by atoms with Gasteiger partial charge in [-0.15, -0.1) is 0 Å². The van der Waals surface area contributed by atoms with E-state index in [0.717, 1.165) is 18.7 Å². The summed E-state index contributed by atoms with van der Waals surface area (Å²) >= 11 is 0. The maximum absolute atomic E-state index is 11.1. The molecule has 0 saturated carbocycles. The highest BCUT2D eigenvalue weighted by Gasteiger charge is 2.28. The Hall–Kier alpha value is -1.59. The highest BCUT2D eigenvalue weighted by Crippen LogP contribution is 2.13. The van der Waals surface area contributed by atoms with Crippen LogP contribution in [0.1, 0.15) is 5.56 Å². The predicted molar refractivity (Wildman–Crippen MR) is 70.5 cm³/mol. The van der Waals surface area contributed by atoms with Crippen molar-refractivity contribution in [2.45, 2.75) is 12.5 Å². The normalized spacial score (nSPS) is 20.2. The van der Waals surface area contributed by atoms with Crippen molar-refractivity contribution in [3.05, 3.63) is 29.8 Å². The molecule has 1 fully saturated rings. The van der Waals surface area contributed by atoms with Gasteiger partial charge in [-0.3, -0.25) is 9.69 Å². The minimum absolute atomic E-state index is 0.276. The zero-order chi connectivity index (χ0) is 13.7. The molecule has 1 aliphatic rings. The molecule has 104 valence electrons. The largest absolute Gasteiger partial charge is 0.497 e. The van der Waals surface area contributed by atoms with E-state index >= 15 is 0 Å². The topological polar surface area (TPSA) is 59.0 Å². The number of morpholine rings is 1. The van der Waals surface area contributed by atoms with Crippen LogP contribution in [0.2, 0.25) is 0 Å². The van der Waals surface area contributed by atoms with Crippen molar-refractivity contribution in [2.24, 2.45) is 0 Å². The first-order chi connectivity index (χ1) is 9.20. The predicted octanol–water partition coefficient (Wildman–Crippen LogP) is 1.02. The number of carboxylic acid groups (broad SMARTS) is 1. The van der Waals surface area contributed by atoms with E-state index < -0.39 is 12.0 Å². The van der Waals surface area contributed by atoms with Crippen LogP contribution in [0.4, 0.5) is 0 Å². The maximum Gasteiger partial charge on any atom is 0.323 e. The third kappa shape index (κ3) is 3.68. The van der Waals surface area contributed by atoms with Crippen molar-refractivity contribution in [1.29, 1.82) is 0 Å². The second kappa shape index (κ2) is 6.54. The number of ether oxygens (including phenoxy) is 2. The van der Waals surface area contributed by atoms with Crippen LogP contribution in [0.3, 0.4) is 0 Å². The number of carbonyl (C=O) groups is 1. The van der Waals surface area contributed by atoms with Crippen LogP contribution in [0.15, 0.2) is 24.3 Å². The highest BCUT2D eigenvalue weighted by atomic mass is 16.5. The Morgan fingerprint density at radius 2 is 2.21 bits per heavy atom. The zero-order valence-electron chi connectivity index (χ0n) is 11.0. The van der Waals surface area contributed by atoms with E-state index in [1.54, 1.807) is 7.11 Å². The van der Waals surface area contributed by atoms with E-state index in [-0.39, 0.29) is 6.61 Å². The molecule has 1 aliphatic heterocycles. The van der Waals surface area contributed by atoms with Crippen LogP contribution in [0, 0.1) is 0 Å². The average molecular weight is 265 g/mol. The molecule has 0 bridgehead atoms. The minimum atomic E-state index is -0.811. The summed E-state index contributed by atoms with van der Waals surface area (Å²) in [4.78, 5) is 13.1. The molecule has 1 N–H and O–H groups in total. The Balaban J connectivity index is 1.90. The summed E-state index contributed by atoms with van der Waals surface area (Å²) in [6.07, 6.45) is 0.827. The van der Waals surface area contributed by atoms with Crippen molar-refractivity contribution >= 4 is 5.97 Å². The monoisotopic (exact) mass is 265 g/mol. The number of hydrogen-bond acceptors (Lipinski definition) is 4. The lowest BCUT2D eigenvalue weighted by Crippen LogP contribution is -2.50. The van der Waals surface area contributed by atoms with E-state index in [4.69, 9.17) is 14.6 Å². The van der Waals surface area contributed by atoms with Crippen molar-refractivity contribution in [3.8, 4) is 5.75 Å². The summed E-state index contributed by atoms with van der Waals surface area (Å²) in [5.41, 5.74) is 1.18. The molecule has 19 heavy (non-hydrogen) atoms. The zero-order valence-corrected chi connectivity index (χ0v) is 11.0. The highest BCUT2D eigenvalue weighted by molar-refractivity contribution is 5.73. The van der Waals surface area contributed by atoms with E-state index in [9.17, 15) is 4.79 Å². The number of carboxylic acids is 1. The van der Waals surface area contributed by atoms with Gasteiger partial charge in [0.05, 0.1) is 20.3 Å². The van der Waals surface area contributed by atoms with Crippen LogP contribution in [-0.4, -0.2) is 55.4 Å². The molecule has 5 heteroatoms. The third-order valence-corrected chi connectivity index (χ3v) is 3.37. The van der Waals surface area contributed by atoms with Crippen LogP contribution >= 0.6 is 0 Å². The molecule has 0 spiro atoms. The van der Waals surface area contributed by atoms with Crippen LogP contribution in [0.25, 0.3) is 0 Å². The minimum Gasteiger partial charge on any atom is -0.497 e. The summed E-state index contributed by atoms with van der Waals surface area (Å²) in [5.74, 6) is 0.0213. The van der Waals surface area contributed by atoms with E-state index in [2.05, 4.69) is 0 Å². The van der Waals surface area contributed by atoms with Gasteiger partial charge in [0, 0.05) is 13.1 Å². The molecule has 0 radical (unpaired) electrons. The molecule has 1 aromatic carbocycles. The van der Waals surface area contributed by atoms with Gasteiger partial charge in [0.2, 0.25) is 0 Å². The Kier molecular flexibility index (Phi) is 4.76. The summed E-state index contributed by atoms with van der Waals surface area (Å²) < 4.78 is 10.3. The Labute approximate surface area is 112 Å². The fraction of sp³-hybridized carbons (Fsp3) is 0.500. The van der Waals surface area contributed by atoms with Gasteiger partial charge < -0.3 is 14.6 Å². The van der Waals surface area contributed by atoms with Gasteiger partial charge in [0.15, 0.2) is 0 Å². The summed E-state index contributed by atoms with van der Waals surface area (Å²) in [6.45, 7) is 2.28. The number of nitrogens with zero attached hydrogens (tertiary/aromatic N) is 1. The lowest BCUT2D eigenvalue weighted by Gasteiger charge is -2.32. The van der Waals surface area contributed by atoms with Crippen molar-refractivity contribution in [2.75, 3.05) is 33.4 Å². The van der Waals surface area contributed by atoms with Crippen molar-refractivity contribution in [3.63, 3.8) is 0 Å². The summed E-state index contributed by atoms with van der Waals surface area (Å²) in [5, 5.41) is 9.14. The first-order valence-electron chi connectivity index (χ1n) is 6.38. The molecule has 1 aromatic rings. The van der Waals surface area contributed by atoms with Gasteiger partial charge in [-0.2, -0.15) is 0 Å². The first kappa shape index (κ1) is 13.8. The molecule has 1 atom stereocenters. The summed E-state index contributed by atoms with van der Waals surface area (Å²) in [6, 6.07) is 7.34. The van der Waals surface area contributed by atoms with Gasteiger partial charge in [0.25, 0.3) is 0 Å². The van der Waals surface area contributed by atoms with Crippen molar-refractivity contribution < 1.29 is 19.4 Å². The molecule has 0 aromatic heterocycles. The lowest BCUT2D eigenvalue weighted by atomic mass is 10.1. The molecule has 5 nitrogen and oxygen atoms in total. The number of rotatable bonds is 5. The van der Waals surface area contributed by atoms with Gasteiger partial charge in [-0.1, -0.05) is 12.1 Å². The smallest absolute Gasteiger partial charge is 0.323 e. The summed E-state index contributed by atoms with van der Waals surface area (Å²) in [7, 11) is 1.64.